The summed E-state index contributed by atoms with van der Waals surface area (Å²) in [5.74, 6) is 0.695. The fraction of sp³-hybridized carbons (Fsp3) is 0.360. The third-order valence-corrected chi connectivity index (χ3v) is 5.29. The van der Waals surface area contributed by atoms with Gasteiger partial charge in [-0.1, -0.05) is 94.6 Å². The molecule has 0 aliphatic heterocycles. The lowest BCUT2D eigenvalue weighted by Gasteiger charge is -2.13. The van der Waals surface area contributed by atoms with E-state index in [1.165, 1.54) is 54.1 Å². The molecule has 2 aromatic carbocycles. The number of nitrogens with zero attached hydrogens (tertiary/aromatic N) is 1. The molecule has 0 spiro atoms. The van der Waals surface area contributed by atoms with Crippen molar-refractivity contribution in [3.05, 3.63) is 78.5 Å². The van der Waals surface area contributed by atoms with Gasteiger partial charge < -0.3 is 4.57 Å². The van der Waals surface area contributed by atoms with Crippen molar-refractivity contribution in [2.45, 2.75) is 52.5 Å². The van der Waals surface area contributed by atoms with Crippen LogP contribution in [-0.4, -0.2) is 4.57 Å². The molecule has 1 unspecified atom stereocenters. The Morgan fingerprint density at radius 2 is 1.69 bits per heavy atom. The Kier molecular flexibility index (Phi) is 6.33. The molecule has 3 aromatic rings. The predicted octanol–water partition coefficient (Wildman–Crippen LogP) is 7.31. The number of hydrogen-bond acceptors (Lipinski definition) is 0. The van der Waals surface area contributed by atoms with Crippen LogP contribution in [0.25, 0.3) is 16.5 Å². The van der Waals surface area contributed by atoms with Gasteiger partial charge in [0.15, 0.2) is 0 Å². The molecule has 1 heterocycles. The third kappa shape index (κ3) is 4.27. The Labute approximate surface area is 158 Å². The summed E-state index contributed by atoms with van der Waals surface area (Å²) in [6.45, 7) is 10.1. The van der Waals surface area contributed by atoms with Crippen LogP contribution in [0.15, 0.2) is 67.4 Å². The van der Waals surface area contributed by atoms with E-state index in [1.54, 1.807) is 0 Å². The fourth-order valence-electron chi connectivity index (χ4n) is 3.78. The van der Waals surface area contributed by atoms with E-state index in [4.69, 9.17) is 0 Å². The third-order valence-electron chi connectivity index (χ3n) is 5.29. The Bertz CT molecular complexity index is 841. The Hall–Kier alpha value is -2.28. The number of benzene rings is 2. The molecule has 0 saturated carbocycles. The van der Waals surface area contributed by atoms with Crippen LogP contribution >= 0.6 is 0 Å². The second-order valence-corrected chi connectivity index (χ2v) is 7.51. The Morgan fingerprint density at radius 1 is 0.962 bits per heavy atom. The normalized spacial score (nSPS) is 12.4. The van der Waals surface area contributed by atoms with Crippen molar-refractivity contribution in [1.29, 1.82) is 0 Å². The van der Waals surface area contributed by atoms with E-state index in [1.807, 2.05) is 0 Å². The average Bonchev–Trinajstić information content (AvgIpc) is 3.04. The van der Waals surface area contributed by atoms with Crippen molar-refractivity contribution in [2.75, 3.05) is 0 Å². The molecular formula is C25H31N. The molecule has 0 saturated heterocycles. The molecule has 0 aliphatic rings. The first-order valence-corrected chi connectivity index (χ1v) is 10.0. The molecule has 0 fully saturated rings. The second kappa shape index (κ2) is 8.89. The van der Waals surface area contributed by atoms with E-state index in [2.05, 4.69) is 85.8 Å². The van der Waals surface area contributed by atoms with Crippen molar-refractivity contribution in [1.82, 2.24) is 4.57 Å². The molecule has 0 radical (unpaired) electrons. The average molecular weight is 346 g/mol. The van der Waals surface area contributed by atoms with Crippen LogP contribution in [0.3, 0.4) is 0 Å². The zero-order valence-corrected chi connectivity index (χ0v) is 16.2. The summed E-state index contributed by atoms with van der Waals surface area (Å²) in [4.78, 5) is 0. The van der Waals surface area contributed by atoms with Gasteiger partial charge in [0.1, 0.15) is 0 Å². The molecule has 0 amide bonds. The maximum absolute atomic E-state index is 4.39. The van der Waals surface area contributed by atoms with E-state index in [0.717, 1.165) is 12.1 Å². The van der Waals surface area contributed by atoms with Gasteiger partial charge in [-0.25, -0.2) is 0 Å². The van der Waals surface area contributed by atoms with E-state index in [9.17, 15) is 0 Å². The molecule has 3 rings (SSSR count). The number of unbranched alkanes of at least 4 members (excludes halogenated alkanes) is 3. The van der Waals surface area contributed by atoms with Crippen molar-refractivity contribution in [3.8, 4) is 0 Å². The van der Waals surface area contributed by atoms with Crippen LogP contribution < -0.4 is 0 Å². The highest BCUT2D eigenvalue weighted by Gasteiger charge is 2.13. The predicted molar refractivity (Wildman–Crippen MR) is 114 cm³/mol. The minimum atomic E-state index is 0.695. The quantitative estimate of drug-likeness (QED) is 0.358. The largest absolute Gasteiger partial charge is 0.347 e. The van der Waals surface area contributed by atoms with E-state index in [-0.39, 0.29) is 0 Å². The van der Waals surface area contributed by atoms with Gasteiger partial charge in [0.25, 0.3) is 0 Å². The highest BCUT2D eigenvalue weighted by Crippen LogP contribution is 2.31. The smallest absolute Gasteiger partial charge is 0.0486 e. The van der Waals surface area contributed by atoms with Crippen molar-refractivity contribution in [2.24, 2.45) is 5.92 Å². The maximum Gasteiger partial charge on any atom is 0.0486 e. The summed E-state index contributed by atoms with van der Waals surface area (Å²) in [6.07, 6.45) is 8.99. The van der Waals surface area contributed by atoms with Crippen molar-refractivity contribution in [3.63, 3.8) is 0 Å². The summed E-state index contributed by atoms with van der Waals surface area (Å²) in [5.41, 5.74) is 4.88. The van der Waals surface area contributed by atoms with Gasteiger partial charge in [-0.15, -0.1) is 0 Å². The fourth-order valence-corrected chi connectivity index (χ4v) is 3.78. The lowest BCUT2D eigenvalue weighted by Crippen LogP contribution is -2.06. The second-order valence-electron chi connectivity index (χ2n) is 7.51. The highest BCUT2D eigenvalue weighted by molar-refractivity contribution is 5.96. The van der Waals surface area contributed by atoms with Crippen LogP contribution in [0.5, 0.6) is 0 Å². The Morgan fingerprint density at radius 3 is 2.46 bits per heavy atom. The molecule has 1 heteroatoms. The number of aromatic nitrogens is 1. The van der Waals surface area contributed by atoms with Gasteiger partial charge in [0.2, 0.25) is 0 Å². The van der Waals surface area contributed by atoms with Gasteiger partial charge >= 0.3 is 0 Å². The molecule has 1 nitrogen and oxygen atoms in total. The summed E-state index contributed by atoms with van der Waals surface area (Å²) < 4.78 is 2.43. The summed E-state index contributed by atoms with van der Waals surface area (Å²) in [5, 5.41) is 1.31. The van der Waals surface area contributed by atoms with Crippen LogP contribution in [0.4, 0.5) is 0 Å². The summed E-state index contributed by atoms with van der Waals surface area (Å²) in [7, 11) is 0. The lowest BCUT2D eigenvalue weighted by atomic mass is 9.99. The van der Waals surface area contributed by atoms with Gasteiger partial charge in [-0.2, -0.15) is 0 Å². The number of fused-ring (bicyclic) bond motifs is 1. The lowest BCUT2D eigenvalue weighted by molar-refractivity contribution is 0.433. The van der Waals surface area contributed by atoms with E-state index in [0.29, 0.717) is 5.92 Å². The topological polar surface area (TPSA) is 4.93 Å². The Balaban J connectivity index is 1.82. The molecule has 0 aliphatic carbocycles. The summed E-state index contributed by atoms with van der Waals surface area (Å²) in [6, 6.07) is 19.2. The van der Waals surface area contributed by atoms with Crippen LogP contribution in [0.1, 0.15) is 57.1 Å². The van der Waals surface area contributed by atoms with Crippen molar-refractivity contribution >= 4 is 16.5 Å². The maximum atomic E-state index is 4.39. The molecule has 0 bridgehead atoms. The summed E-state index contributed by atoms with van der Waals surface area (Å²) >= 11 is 0. The van der Waals surface area contributed by atoms with Crippen LogP contribution in [-0.2, 0) is 6.54 Å². The first-order valence-electron chi connectivity index (χ1n) is 10.0. The van der Waals surface area contributed by atoms with Gasteiger partial charge in [0, 0.05) is 29.2 Å². The highest BCUT2D eigenvalue weighted by atomic mass is 15.0. The zero-order valence-electron chi connectivity index (χ0n) is 16.2. The number of rotatable bonds is 9. The van der Waals surface area contributed by atoms with Crippen LogP contribution in [0, 0.1) is 5.92 Å². The molecular weight excluding hydrogens is 314 g/mol. The minimum Gasteiger partial charge on any atom is -0.347 e. The number of hydrogen-bond donors (Lipinski definition) is 0. The molecule has 1 atom stereocenters. The van der Waals surface area contributed by atoms with E-state index >= 15 is 0 Å². The number of para-hydroxylation sites is 1. The zero-order chi connectivity index (χ0) is 18.4. The molecule has 1 aromatic heterocycles. The molecule has 0 N–H and O–H groups in total. The van der Waals surface area contributed by atoms with Gasteiger partial charge in [-0.05, 0) is 29.5 Å². The first-order chi connectivity index (χ1) is 12.7. The van der Waals surface area contributed by atoms with Crippen molar-refractivity contribution < 1.29 is 0 Å². The van der Waals surface area contributed by atoms with Gasteiger partial charge in [-0.3, -0.25) is 0 Å². The minimum absolute atomic E-state index is 0.695. The monoisotopic (exact) mass is 345 g/mol. The molecule has 26 heavy (non-hydrogen) atoms. The van der Waals surface area contributed by atoms with Crippen LogP contribution in [0.2, 0.25) is 0 Å². The molecule has 136 valence electrons. The first kappa shape index (κ1) is 18.5. The van der Waals surface area contributed by atoms with E-state index < -0.39 is 0 Å². The standard InChI is InChI=1S/C25H31N/c1-4-5-6-8-13-20(2)18-26-19-24(23-16-11-12-17-25(23)26)21(3)22-14-9-7-10-15-22/h7,9-12,14-17,19-20H,3-6,8,13,18H2,1-2H3. The SMILES string of the molecule is C=C(c1ccccc1)c1cn(CC(C)CCCCCC)c2ccccc12. The van der Waals surface area contributed by atoms with Gasteiger partial charge in [0.05, 0.1) is 0 Å².